The first kappa shape index (κ1) is 41.2. The predicted molar refractivity (Wildman–Crippen MR) is 196 cm³/mol. The fraction of sp³-hybridized carbons (Fsp3) is 0.564. The quantitative estimate of drug-likeness (QED) is 0.170. The van der Waals surface area contributed by atoms with E-state index in [1.807, 2.05) is 12.1 Å². The molecule has 16 heteroatoms. The molecule has 0 bridgehead atoms. The van der Waals surface area contributed by atoms with Crippen LogP contribution in [0, 0.1) is 0 Å². The van der Waals surface area contributed by atoms with Crippen LogP contribution in [0.2, 0.25) is 5.02 Å². The molecule has 55 heavy (non-hydrogen) atoms. The summed E-state index contributed by atoms with van der Waals surface area (Å²) in [6.07, 6.45) is -3.91. The molecule has 3 aliphatic rings. The monoisotopic (exact) mass is 814 g/mol. The summed E-state index contributed by atoms with van der Waals surface area (Å²) in [5.74, 6) is -1.75. The lowest BCUT2D eigenvalue weighted by Crippen LogP contribution is -2.69. The summed E-state index contributed by atoms with van der Waals surface area (Å²) < 4.78 is 96.0. The zero-order valence-corrected chi connectivity index (χ0v) is 32.3. The van der Waals surface area contributed by atoms with Crippen molar-refractivity contribution in [3.63, 3.8) is 0 Å². The van der Waals surface area contributed by atoms with Crippen molar-refractivity contribution in [2.45, 2.75) is 107 Å². The number of amides is 2. The second kappa shape index (κ2) is 17.0. The maximum absolute atomic E-state index is 15.5. The van der Waals surface area contributed by atoms with E-state index in [4.69, 9.17) is 21.1 Å². The highest BCUT2D eigenvalue weighted by Crippen LogP contribution is 2.44. The first-order valence-corrected chi connectivity index (χ1v) is 19.9. The topological polar surface area (TPSA) is 75.2 Å². The van der Waals surface area contributed by atoms with Crippen LogP contribution >= 0.6 is 22.9 Å². The maximum atomic E-state index is 15.5. The molecule has 0 spiro atoms. The van der Waals surface area contributed by atoms with E-state index in [0.717, 1.165) is 67.9 Å². The molecule has 2 aromatic heterocycles. The van der Waals surface area contributed by atoms with E-state index in [-0.39, 0.29) is 44.1 Å². The number of nitrogens with zero attached hydrogens (tertiary/aromatic N) is 4. The Morgan fingerprint density at radius 1 is 1.00 bits per heavy atom. The Kier molecular flexibility index (Phi) is 12.7. The molecule has 6 rings (SSSR count). The van der Waals surface area contributed by atoms with Gasteiger partial charge in [-0.05, 0) is 93.4 Å². The molecule has 300 valence electrons. The molecular formula is C39H45ClF6N4O4S. The molecule has 0 unspecified atom stereocenters. The van der Waals surface area contributed by atoms with Crippen LogP contribution < -0.4 is 4.74 Å². The largest absolute Gasteiger partial charge is 0.474 e. The number of methoxy groups -OCH3 is 1. The van der Waals surface area contributed by atoms with E-state index in [9.17, 15) is 31.1 Å². The van der Waals surface area contributed by atoms with Gasteiger partial charge in [-0.3, -0.25) is 19.5 Å². The van der Waals surface area contributed by atoms with Crippen LogP contribution in [-0.4, -0.2) is 88.6 Å². The molecule has 3 aromatic rings. The van der Waals surface area contributed by atoms with E-state index >= 15 is 4.79 Å². The van der Waals surface area contributed by atoms with Gasteiger partial charge in [-0.1, -0.05) is 31.0 Å². The Hall–Kier alpha value is -3.40. The number of alkyl halides is 6. The molecule has 0 radical (unpaired) electrons. The second-order valence-electron chi connectivity index (χ2n) is 14.6. The van der Waals surface area contributed by atoms with Gasteiger partial charge in [-0.15, -0.1) is 11.3 Å². The standard InChI is InChI=1S/C39H45ClF6N4O4S/c1-3-8-32-37(54-30-21-33(55-24-30)39(44,45)46,14-7-18-49(32)35(51)34-31(38(41,42)43)11-4-15-47-34)36(52)50-22-25-12-13-27(40)19-26(25)20-28(50)9-5-16-48-17-6-10-29(48)23-53-2/h4,11-13,15,19,21,24,28-29,32H,3,5-10,14,16-18,20,22-23H2,1-2H3/t28-,29-,32+,37-/m0/s1. The molecular weight excluding hydrogens is 770 g/mol. The van der Waals surface area contributed by atoms with Crippen molar-refractivity contribution < 1.29 is 45.4 Å². The third-order valence-electron chi connectivity index (χ3n) is 11.0. The molecule has 2 amide bonds. The van der Waals surface area contributed by atoms with E-state index in [2.05, 4.69) is 9.88 Å². The molecule has 2 saturated heterocycles. The third-order valence-corrected chi connectivity index (χ3v) is 12.2. The normalized spacial score (nSPS) is 23.5. The maximum Gasteiger partial charge on any atom is 0.425 e. The van der Waals surface area contributed by atoms with Gasteiger partial charge in [-0.25, -0.2) is 0 Å². The lowest BCUT2D eigenvalue weighted by molar-refractivity contribution is -0.163. The lowest BCUT2D eigenvalue weighted by atomic mass is 9.78. The number of hydrogen-bond donors (Lipinski definition) is 0. The van der Waals surface area contributed by atoms with E-state index < -0.39 is 51.9 Å². The Morgan fingerprint density at radius 3 is 2.51 bits per heavy atom. The highest BCUT2D eigenvalue weighted by molar-refractivity contribution is 7.10. The average Bonchev–Trinajstić information content (AvgIpc) is 3.81. The van der Waals surface area contributed by atoms with Crippen molar-refractivity contribution in [3.8, 4) is 5.75 Å². The number of halogens is 7. The number of fused-ring (bicyclic) bond motifs is 1. The number of rotatable bonds is 12. The molecule has 3 aliphatic heterocycles. The van der Waals surface area contributed by atoms with Gasteiger partial charge in [0.25, 0.3) is 11.8 Å². The van der Waals surface area contributed by atoms with Gasteiger partial charge >= 0.3 is 12.4 Å². The lowest BCUT2D eigenvalue weighted by Gasteiger charge is -2.51. The molecule has 5 heterocycles. The fourth-order valence-electron chi connectivity index (χ4n) is 8.53. The molecule has 4 atom stereocenters. The van der Waals surface area contributed by atoms with Crippen LogP contribution in [0.3, 0.4) is 0 Å². The summed E-state index contributed by atoms with van der Waals surface area (Å²) in [7, 11) is 1.68. The summed E-state index contributed by atoms with van der Waals surface area (Å²) in [6.45, 7) is 4.29. The second-order valence-corrected chi connectivity index (χ2v) is 15.9. The van der Waals surface area contributed by atoms with Crippen molar-refractivity contribution in [2.75, 3.05) is 33.4 Å². The number of ether oxygens (including phenoxy) is 2. The SMILES string of the molecule is CCC[C@H]1N(C(=O)c2ncccc2C(F)(F)F)CCC[C@@]1(Oc1csc(C(F)(F)F)c1)C(=O)N1Cc2ccc(Cl)cc2C[C@@H]1CCCN1CCC[C@H]1COC. The molecule has 0 aliphatic carbocycles. The summed E-state index contributed by atoms with van der Waals surface area (Å²) in [5.41, 5.74) is -2.14. The molecule has 1 aromatic carbocycles. The fourth-order valence-corrected chi connectivity index (χ4v) is 9.40. The van der Waals surface area contributed by atoms with Gasteiger partial charge in [0, 0.05) is 61.4 Å². The number of carbonyl (C=O) groups is 2. The number of carbonyl (C=O) groups excluding carboxylic acids is 2. The molecule has 8 nitrogen and oxygen atoms in total. The highest BCUT2D eigenvalue weighted by Gasteiger charge is 2.57. The van der Waals surface area contributed by atoms with Gasteiger partial charge in [0.15, 0.2) is 0 Å². The zero-order valence-electron chi connectivity index (χ0n) is 30.7. The first-order valence-electron chi connectivity index (χ1n) is 18.7. The first-order chi connectivity index (χ1) is 26.2. The van der Waals surface area contributed by atoms with Gasteiger partial charge in [0.1, 0.15) is 16.3 Å². The average molecular weight is 815 g/mol. The number of hydrogen-bond acceptors (Lipinski definition) is 7. The van der Waals surface area contributed by atoms with E-state index in [0.29, 0.717) is 48.3 Å². The van der Waals surface area contributed by atoms with Gasteiger partial charge in [0.2, 0.25) is 5.60 Å². The summed E-state index contributed by atoms with van der Waals surface area (Å²) in [6, 6.07) is 6.96. The van der Waals surface area contributed by atoms with Crippen molar-refractivity contribution >= 4 is 34.8 Å². The Bertz CT molecular complexity index is 1820. The Balaban J connectivity index is 1.41. The molecule has 0 saturated carbocycles. The van der Waals surface area contributed by atoms with Crippen molar-refractivity contribution in [2.24, 2.45) is 0 Å². The van der Waals surface area contributed by atoms with Crippen molar-refractivity contribution in [1.82, 2.24) is 19.7 Å². The van der Waals surface area contributed by atoms with Crippen molar-refractivity contribution in [1.29, 1.82) is 0 Å². The summed E-state index contributed by atoms with van der Waals surface area (Å²) in [4.78, 5) is 38.0. The summed E-state index contributed by atoms with van der Waals surface area (Å²) in [5, 5.41) is 1.73. The summed E-state index contributed by atoms with van der Waals surface area (Å²) >= 11 is 6.82. The van der Waals surface area contributed by atoms with Gasteiger partial charge in [0.05, 0.1) is 18.2 Å². The van der Waals surface area contributed by atoms with Crippen LogP contribution in [0.15, 0.2) is 48.0 Å². The molecule has 0 N–H and O–H groups in total. The van der Waals surface area contributed by atoms with Crippen LogP contribution in [0.5, 0.6) is 5.75 Å². The minimum atomic E-state index is -4.89. The Morgan fingerprint density at radius 2 is 1.80 bits per heavy atom. The minimum absolute atomic E-state index is 0.00354. The van der Waals surface area contributed by atoms with Crippen LogP contribution in [0.25, 0.3) is 0 Å². The van der Waals surface area contributed by atoms with Crippen LogP contribution in [0.1, 0.15) is 90.3 Å². The van der Waals surface area contributed by atoms with Gasteiger partial charge < -0.3 is 19.3 Å². The zero-order chi connectivity index (χ0) is 39.5. The van der Waals surface area contributed by atoms with Crippen LogP contribution in [-0.2, 0) is 34.8 Å². The number of benzene rings is 1. The van der Waals surface area contributed by atoms with Crippen LogP contribution in [0.4, 0.5) is 26.3 Å². The number of piperidine rings is 1. The number of thiophene rings is 1. The highest BCUT2D eigenvalue weighted by atomic mass is 35.5. The number of likely N-dealkylation sites (tertiary alicyclic amines) is 2. The van der Waals surface area contributed by atoms with E-state index in [1.54, 1.807) is 25.0 Å². The number of aromatic nitrogens is 1. The van der Waals surface area contributed by atoms with Crippen molar-refractivity contribution in [3.05, 3.63) is 80.3 Å². The smallest absolute Gasteiger partial charge is 0.425 e. The molecule has 2 fully saturated rings. The minimum Gasteiger partial charge on any atom is -0.474 e. The Labute approximate surface area is 325 Å². The van der Waals surface area contributed by atoms with E-state index in [1.165, 1.54) is 10.3 Å². The third kappa shape index (κ3) is 8.94. The predicted octanol–water partition coefficient (Wildman–Crippen LogP) is 8.90. The number of pyridine rings is 1. The van der Waals surface area contributed by atoms with Gasteiger partial charge in [-0.2, -0.15) is 26.3 Å².